The lowest BCUT2D eigenvalue weighted by Gasteiger charge is -2.12. The van der Waals surface area contributed by atoms with Crippen LogP contribution in [-0.4, -0.2) is 22.6 Å². The van der Waals surface area contributed by atoms with Gasteiger partial charge >= 0.3 is 0 Å². The lowest BCUT2D eigenvalue weighted by atomic mass is 10.2. The van der Waals surface area contributed by atoms with Gasteiger partial charge in [0.25, 0.3) is 10.1 Å². The summed E-state index contributed by atoms with van der Waals surface area (Å²) in [6.07, 6.45) is 1.65. The van der Waals surface area contributed by atoms with Crippen LogP contribution in [0.25, 0.3) is 0 Å². The van der Waals surface area contributed by atoms with Crippen LogP contribution in [-0.2, 0) is 16.7 Å². The molecule has 0 amide bonds. The Labute approximate surface area is 105 Å². The summed E-state index contributed by atoms with van der Waals surface area (Å²) in [6, 6.07) is 12.5. The van der Waals surface area contributed by atoms with Crippen molar-refractivity contribution < 1.29 is 18.1 Å². The van der Waals surface area contributed by atoms with Crippen molar-refractivity contribution in [2.75, 3.05) is 0 Å². The molecule has 1 aromatic heterocycles. The van der Waals surface area contributed by atoms with Crippen LogP contribution in [0.2, 0.25) is 0 Å². The summed E-state index contributed by atoms with van der Waals surface area (Å²) >= 11 is 0. The maximum Gasteiger partial charge on any atom is 0.298 e. The second kappa shape index (κ2) is 4.93. The van der Waals surface area contributed by atoms with E-state index >= 15 is 0 Å². The van der Waals surface area contributed by atoms with Gasteiger partial charge in [0, 0.05) is 12.7 Å². The molecule has 1 heterocycles. The smallest absolute Gasteiger partial charge is 0.298 e. The molecule has 96 valence electrons. The molecular formula is C12H13NO4S. The number of benzene rings is 1. The van der Waals surface area contributed by atoms with Crippen molar-refractivity contribution in [1.29, 1.82) is 0 Å². The standard InChI is InChI=1S/C12H13NO4S/c14-12(18(15,16)17)11-7-4-8-13(11)9-10-5-2-1-3-6-10/h1-8,12,14H,9H2,(H,15,16,17). The van der Waals surface area contributed by atoms with Crippen molar-refractivity contribution in [3.8, 4) is 0 Å². The highest BCUT2D eigenvalue weighted by Crippen LogP contribution is 2.19. The normalized spacial score (nSPS) is 13.4. The number of rotatable bonds is 4. The molecule has 0 radical (unpaired) electrons. The zero-order valence-electron chi connectivity index (χ0n) is 9.47. The summed E-state index contributed by atoms with van der Waals surface area (Å²) < 4.78 is 32.3. The van der Waals surface area contributed by atoms with Gasteiger partial charge in [-0.2, -0.15) is 8.42 Å². The van der Waals surface area contributed by atoms with Crippen LogP contribution in [0.1, 0.15) is 16.7 Å². The van der Waals surface area contributed by atoms with Crippen molar-refractivity contribution in [1.82, 2.24) is 4.57 Å². The summed E-state index contributed by atoms with van der Waals surface area (Å²) in [5.41, 5.74) is -0.810. The van der Waals surface area contributed by atoms with Gasteiger partial charge in [0.15, 0.2) is 0 Å². The summed E-state index contributed by atoms with van der Waals surface area (Å²) in [4.78, 5) is 0. The van der Waals surface area contributed by atoms with E-state index in [4.69, 9.17) is 4.55 Å². The van der Waals surface area contributed by atoms with E-state index < -0.39 is 15.6 Å². The van der Waals surface area contributed by atoms with Gasteiger partial charge in [0.1, 0.15) is 0 Å². The number of hydrogen-bond acceptors (Lipinski definition) is 3. The van der Waals surface area contributed by atoms with E-state index in [2.05, 4.69) is 0 Å². The van der Waals surface area contributed by atoms with Gasteiger partial charge in [-0.25, -0.2) is 0 Å². The van der Waals surface area contributed by atoms with E-state index in [0.29, 0.717) is 6.54 Å². The highest BCUT2D eigenvalue weighted by atomic mass is 32.2. The quantitative estimate of drug-likeness (QED) is 0.821. The van der Waals surface area contributed by atoms with Crippen LogP contribution in [0.15, 0.2) is 48.7 Å². The summed E-state index contributed by atoms with van der Waals surface area (Å²) in [5, 5.41) is 9.55. The minimum Gasteiger partial charge on any atom is -0.370 e. The molecule has 0 bridgehead atoms. The van der Waals surface area contributed by atoms with Crippen LogP contribution in [0, 0.1) is 0 Å². The number of nitrogens with zero attached hydrogens (tertiary/aromatic N) is 1. The molecule has 1 aromatic carbocycles. The first-order valence-electron chi connectivity index (χ1n) is 5.32. The molecule has 0 aliphatic rings. The molecule has 6 heteroatoms. The van der Waals surface area contributed by atoms with Crippen LogP contribution in [0.5, 0.6) is 0 Å². The van der Waals surface area contributed by atoms with E-state index in [-0.39, 0.29) is 5.69 Å². The first-order chi connectivity index (χ1) is 8.48. The molecule has 0 aliphatic heterocycles. The van der Waals surface area contributed by atoms with E-state index in [1.165, 1.54) is 6.07 Å². The molecule has 2 N–H and O–H groups in total. The molecule has 0 saturated heterocycles. The Bertz CT molecular complexity index is 619. The Balaban J connectivity index is 2.29. The van der Waals surface area contributed by atoms with E-state index in [0.717, 1.165) is 5.56 Å². The van der Waals surface area contributed by atoms with Gasteiger partial charge in [0.05, 0.1) is 5.69 Å². The molecule has 0 saturated carbocycles. The third-order valence-electron chi connectivity index (χ3n) is 2.60. The van der Waals surface area contributed by atoms with Crippen molar-refractivity contribution in [2.45, 2.75) is 12.0 Å². The van der Waals surface area contributed by atoms with Gasteiger partial charge < -0.3 is 9.67 Å². The van der Waals surface area contributed by atoms with E-state index in [1.54, 1.807) is 16.8 Å². The van der Waals surface area contributed by atoms with Crippen LogP contribution < -0.4 is 0 Å². The summed E-state index contributed by atoms with van der Waals surface area (Å²) in [6.45, 7) is 0.426. The van der Waals surface area contributed by atoms with E-state index in [9.17, 15) is 13.5 Å². The topological polar surface area (TPSA) is 79.5 Å². The fraction of sp³-hybridized carbons (Fsp3) is 0.167. The zero-order chi connectivity index (χ0) is 13.2. The second-order valence-corrected chi connectivity index (χ2v) is 5.39. The fourth-order valence-electron chi connectivity index (χ4n) is 1.73. The Hall–Kier alpha value is -1.63. The number of aliphatic hydroxyl groups is 1. The molecule has 0 aliphatic carbocycles. The monoisotopic (exact) mass is 267 g/mol. The summed E-state index contributed by atoms with van der Waals surface area (Å²) in [7, 11) is -4.51. The van der Waals surface area contributed by atoms with Gasteiger partial charge in [-0.05, 0) is 17.7 Å². The zero-order valence-corrected chi connectivity index (χ0v) is 10.3. The predicted molar refractivity (Wildman–Crippen MR) is 66.5 cm³/mol. The Morgan fingerprint density at radius 3 is 2.39 bits per heavy atom. The maximum absolute atomic E-state index is 10.9. The highest BCUT2D eigenvalue weighted by Gasteiger charge is 2.24. The molecule has 1 unspecified atom stereocenters. The van der Waals surface area contributed by atoms with Crippen molar-refractivity contribution in [3.05, 3.63) is 59.9 Å². The van der Waals surface area contributed by atoms with Crippen molar-refractivity contribution in [2.24, 2.45) is 0 Å². The van der Waals surface area contributed by atoms with Crippen molar-refractivity contribution >= 4 is 10.1 Å². The minimum atomic E-state index is -4.51. The number of hydrogen-bond donors (Lipinski definition) is 2. The summed E-state index contributed by atoms with van der Waals surface area (Å²) in [5.74, 6) is 0. The van der Waals surface area contributed by atoms with Gasteiger partial charge in [-0.1, -0.05) is 30.3 Å². The lowest BCUT2D eigenvalue weighted by Crippen LogP contribution is -2.16. The average Bonchev–Trinajstić information content (AvgIpc) is 2.76. The Kier molecular flexibility index (Phi) is 3.51. The largest absolute Gasteiger partial charge is 0.370 e. The van der Waals surface area contributed by atoms with Crippen LogP contribution in [0.3, 0.4) is 0 Å². The van der Waals surface area contributed by atoms with Gasteiger partial charge in [-0.15, -0.1) is 0 Å². The molecule has 0 fully saturated rings. The van der Waals surface area contributed by atoms with Gasteiger partial charge in [0.2, 0.25) is 5.44 Å². The maximum atomic E-state index is 10.9. The first kappa shape index (κ1) is 12.8. The average molecular weight is 267 g/mol. The first-order valence-corrected chi connectivity index (χ1v) is 6.82. The van der Waals surface area contributed by atoms with Crippen LogP contribution in [0.4, 0.5) is 0 Å². The second-order valence-electron chi connectivity index (χ2n) is 3.91. The highest BCUT2D eigenvalue weighted by molar-refractivity contribution is 7.85. The Morgan fingerprint density at radius 1 is 1.11 bits per heavy atom. The molecule has 2 rings (SSSR count). The van der Waals surface area contributed by atoms with Gasteiger partial charge in [-0.3, -0.25) is 4.55 Å². The molecule has 18 heavy (non-hydrogen) atoms. The molecule has 2 aromatic rings. The molecule has 5 nitrogen and oxygen atoms in total. The molecule has 1 atom stereocenters. The van der Waals surface area contributed by atoms with Crippen LogP contribution >= 0.6 is 0 Å². The number of aromatic nitrogens is 1. The SMILES string of the molecule is O=S(=O)(O)C(O)c1cccn1Cc1ccccc1. The van der Waals surface area contributed by atoms with Crippen molar-refractivity contribution in [3.63, 3.8) is 0 Å². The molecular weight excluding hydrogens is 254 g/mol. The molecule has 0 spiro atoms. The van der Waals surface area contributed by atoms with E-state index in [1.807, 2.05) is 30.3 Å². The fourth-order valence-corrected chi connectivity index (χ4v) is 2.25. The minimum absolute atomic E-state index is 0.140. The number of aliphatic hydroxyl groups excluding tert-OH is 1. The predicted octanol–water partition coefficient (Wildman–Crippen LogP) is 1.42. The lowest BCUT2D eigenvalue weighted by molar-refractivity contribution is 0.229. The Morgan fingerprint density at radius 2 is 1.78 bits per heavy atom. The third kappa shape index (κ3) is 2.79. The third-order valence-corrected chi connectivity index (χ3v) is 3.40.